The Morgan fingerprint density at radius 3 is 2.26 bits per heavy atom. The number of benzene rings is 3. The summed E-state index contributed by atoms with van der Waals surface area (Å²) >= 11 is 1.39. The van der Waals surface area contributed by atoms with Crippen LogP contribution in [0.25, 0.3) is 17.1 Å². The molecular weight excluding hydrogens is 492 g/mol. The lowest BCUT2D eigenvalue weighted by Crippen LogP contribution is -2.15. The number of ketones is 1. The van der Waals surface area contributed by atoms with Crippen molar-refractivity contribution in [3.63, 3.8) is 0 Å². The van der Waals surface area contributed by atoms with Crippen LogP contribution in [-0.2, 0) is 6.61 Å². The highest BCUT2D eigenvalue weighted by Crippen LogP contribution is 2.29. The summed E-state index contributed by atoms with van der Waals surface area (Å²) in [4.78, 5) is 19.4. The molecule has 192 valence electrons. The maximum atomic E-state index is 13.4. The van der Waals surface area contributed by atoms with Gasteiger partial charge >= 0.3 is 0 Å². The molecule has 0 saturated carbocycles. The van der Waals surface area contributed by atoms with Crippen LogP contribution in [0.5, 0.6) is 0 Å². The van der Waals surface area contributed by atoms with Crippen molar-refractivity contribution in [3.05, 3.63) is 119 Å². The first-order valence-electron chi connectivity index (χ1n) is 12.5. The van der Waals surface area contributed by atoms with Gasteiger partial charge in [-0.25, -0.2) is 0 Å². The molecular formula is C31H30N4O2S. The number of rotatable bonds is 9. The molecule has 6 nitrogen and oxygen atoms in total. The van der Waals surface area contributed by atoms with Crippen LogP contribution in [0.4, 0.5) is 0 Å². The fraction of sp³-hybridized carbons (Fsp3) is 0.194. The number of Topliss-reactive ketones (excluding diaryl/α,β-unsaturated/α-hetero) is 1. The van der Waals surface area contributed by atoms with E-state index in [9.17, 15) is 4.79 Å². The molecule has 7 heteroatoms. The van der Waals surface area contributed by atoms with Gasteiger partial charge in [0, 0.05) is 11.1 Å². The third-order valence-electron chi connectivity index (χ3n) is 6.62. The van der Waals surface area contributed by atoms with E-state index >= 15 is 0 Å². The van der Waals surface area contributed by atoms with E-state index in [0.29, 0.717) is 17.3 Å². The summed E-state index contributed by atoms with van der Waals surface area (Å²) in [6.07, 6.45) is 0. The number of carbonyl (C=O) groups is 1. The van der Waals surface area contributed by atoms with E-state index in [-0.39, 0.29) is 11.5 Å². The first-order chi connectivity index (χ1) is 18.4. The summed E-state index contributed by atoms with van der Waals surface area (Å²) < 4.78 is 3.78. The van der Waals surface area contributed by atoms with Gasteiger partial charge in [0.05, 0.1) is 22.8 Å². The van der Waals surface area contributed by atoms with Crippen LogP contribution in [0.2, 0.25) is 0 Å². The zero-order chi connectivity index (χ0) is 26.6. The Labute approximate surface area is 227 Å². The minimum atomic E-state index is 0.0218. The number of hydrogen-bond donors (Lipinski definition) is 0. The molecule has 0 aliphatic carbocycles. The third kappa shape index (κ3) is 5.29. The minimum Gasteiger partial charge on any atom is -0.409 e. The highest BCUT2D eigenvalue weighted by molar-refractivity contribution is 7.99. The second-order valence-electron chi connectivity index (χ2n) is 9.33. The van der Waals surface area contributed by atoms with Crippen molar-refractivity contribution in [3.8, 4) is 17.1 Å². The Bertz CT molecular complexity index is 1570. The molecule has 0 spiro atoms. The fourth-order valence-electron chi connectivity index (χ4n) is 4.38. The van der Waals surface area contributed by atoms with Gasteiger partial charge in [-0.3, -0.25) is 9.36 Å². The molecule has 0 fully saturated rings. The summed E-state index contributed by atoms with van der Waals surface area (Å²) in [5, 5.41) is 9.68. The van der Waals surface area contributed by atoms with Crippen LogP contribution in [0.1, 0.15) is 38.4 Å². The van der Waals surface area contributed by atoms with E-state index in [1.54, 1.807) is 4.73 Å². The van der Waals surface area contributed by atoms with E-state index in [1.165, 1.54) is 22.9 Å². The summed E-state index contributed by atoms with van der Waals surface area (Å²) in [5.41, 5.74) is 7.75. The van der Waals surface area contributed by atoms with Gasteiger partial charge in [-0.2, -0.15) is 4.73 Å². The summed E-state index contributed by atoms with van der Waals surface area (Å²) in [6.45, 7) is 8.49. The molecule has 0 aliphatic rings. The van der Waals surface area contributed by atoms with Crippen molar-refractivity contribution in [1.29, 1.82) is 0 Å². The molecule has 0 unspecified atom stereocenters. The quantitative estimate of drug-likeness (QED) is 0.162. The highest BCUT2D eigenvalue weighted by atomic mass is 32.2. The monoisotopic (exact) mass is 522 g/mol. The fourth-order valence-corrected chi connectivity index (χ4v) is 5.22. The molecule has 3 aromatic carbocycles. The third-order valence-corrected chi connectivity index (χ3v) is 7.55. The lowest BCUT2D eigenvalue weighted by atomic mass is 10.1. The molecule has 0 amide bonds. The van der Waals surface area contributed by atoms with E-state index in [2.05, 4.69) is 42.2 Å². The molecule has 0 atom stereocenters. The van der Waals surface area contributed by atoms with E-state index in [1.807, 2.05) is 85.1 Å². The normalized spacial score (nSPS) is 11.1. The molecule has 38 heavy (non-hydrogen) atoms. The average Bonchev–Trinajstić information content (AvgIpc) is 3.49. The van der Waals surface area contributed by atoms with Crippen molar-refractivity contribution >= 4 is 17.5 Å². The van der Waals surface area contributed by atoms with Crippen LogP contribution >= 0.6 is 11.8 Å². The second kappa shape index (κ2) is 11.1. The molecule has 5 rings (SSSR count). The number of nitrogens with zero attached hydrogens (tertiary/aromatic N) is 4. The Morgan fingerprint density at radius 1 is 0.842 bits per heavy atom. The second-order valence-corrected chi connectivity index (χ2v) is 10.3. The van der Waals surface area contributed by atoms with Gasteiger partial charge in [0.2, 0.25) is 0 Å². The average molecular weight is 523 g/mol. The lowest BCUT2D eigenvalue weighted by molar-refractivity contribution is 0.0881. The molecule has 2 aromatic heterocycles. The Kier molecular flexibility index (Phi) is 7.47. The zero-order valence-corrected chi connectivity index (χ0v) is 22.8. The van der Waals surface area contributed by atoms with E-state index < -0.39 is 0 Å². The molecule has 2 heterocycles. The molecule has 0 aliphatic heterocycles. The number of thioether (sulfide) groups is 1. The number of aryl methyl sites for hydroxylation is 3. The van der Waals surface area contributed by atoms with Gasteiger partial charge in [0.15, 0.2) is 16.8 Å². The topological polar surface area (TPSA) is 61.9 Å². The summed E-state index contributed by atoms with van der Waals surface area (Å²) in [7, 11) is 0. The standard InChI is InChI=1S/C31H30N4O2S/c1-21-15-16-27(17-22(21)2)34-30(26-13-9-6-10-14-26)32-33-31(34)38-20-29(36)28-18-23(3)35(24(28)4)37-19-25-11-7-5-8-12-25/h5-18H,19-20H2,1-4H3. The van der Waals surface area contributed by atoms with Gasteiger partial charge in [-0.15, -0.1) is 10.2 Å². The van der Waals surface area contributed by atoms with Crippen molar-refractivity contribution in [2.75, 3.05) is 5.75 Å². The maximum Gasteiger partial charge on any atom is 0.196 e. The molecule has 0 saturated heterocycles. The lowest BCUT2D eigenvalue weighted by Gasteiger charge is -2.12. The van der Waals surface area contributed by atoms with Gasteiger partial charge in [-0.1, -0.05) is 78.5 Å². The Balaban J connectivity index is 1.39. The Hall–Kier alpha value is -4.10. The van der Waals surface area contributed by atoms with Gasteiger partial charge in [-0.05, 0) is 62.6 Å². The summed E-state index contributed by atoms with van der Waals surface area (Å²) in [5.74, 6) is 1.01. The molecule has 0 N–H and O–H groups in total. The number of hydrogen-bond acceptors (Lipinski definition) is 5. The van der Waals surface area contributed by atoms with Crippen molar-refractivity contribution in [2.45, 2.75) is 39.5 Å². The van der Waals surface area contributed by atoms with Gasteiger partial charge in [0.1, 0.15) is 6.61 Å². The van der Waals surface area contributed by atoms with Crippen LogP contribution in [0, 0.1) is 27.7 Å². The Morgan fingerprint density at radius 2 is 1.55 bits per heavy atom. The van der Waals surface area contributed by atoms with E-state index in [4.69, 9.17) is 4.84 Å². The first kappa shape index (κ1) is 25.5. The van der Waals surface area contributed by atoms with Crippen LogP contribution < -0.4 is 4.84 Å². The van der Waals surface area contributed by atoms with Crippen molar-refractivity contribution < 1.29 is 9.63 Å². The highest BCUT2D eigenvalue weighted by Gasteiger charge is 2.21. The minimum absolute atomic E-state index is 0.0218. The smallest absolute Gasteiger partial charge is 0.196 e. The predicted octanol–water partition coefficient (Wildman–Crippen LogP) is 6.57. The first-order valence-corrected chi connectivity index (χ1v) is 13.5. The maximum absolute atomic E-state index is 13.4. The van der Waals surface area contributed by atoms with Crippen LogP contribution in [0.3, 0.4) is 0 Å². The zero-order valence-electron chi connectivity index (χ0n) is 22.0. The van der Waals surface area contributed by atoms with Crippen molar-refractivity contribution in [2.24, 2.45) is 0 Å². The summed E-state index contributed by atoms with van der Waals surface area (Å²) in [6, 6.07) is 28.2. The van der Waals surface area contributed by atoms with Crippen molar-refractivity contribution in [1.82, 2.24) is 19.5 Å². The van der Waals surface area contributed by atoms with E-state index in [0.717, 1.165) is 34.0 Å². The van der Waals surface area contributed by atoms with Gasteiger partial charge < -0.3 is 4.84 Å². The predicted molar refractivity (Wildman–Crippen MR) is 152 cm³/mol. The van der Waals surface area contributed by atoms with Crippen LogP contribution in [-0.4, -0.2) is 31.0 Å². The molecule has 0 radical (unpaired) electrons. The van der Waals surface area contributed by atoms with Gasteiger partial charge in [0.25, 0.3) is 0 Å². The molecule has 5 aromatic rings. The largest absolute Gasteiger partial charge is 0.409 e. The number of carbonyl (C=O) groups excluding carboxylic acids is 1. The number of aromatic nitrogens is 4. The molecule has 0 bridgehead atoms. The SMILES string of the molecule is Cc1ccc(-n2c(SCC(=O)c3cc(C)n(OCc4ccccc4)c3C)nnc2-c2ccccc2)cc1C. The van der Waals surface area contributed by atoms with Crippen LogP contribution in [0.15, 0.2) is 90.1 Å².